The van der Waals surface area contributed by atoms with Gasteiger partial charge in [0, 0.05) is 18.6 Å². The Hall–Kier alpha value is -1.95. The van der Waals surface area contributed by atoms with Crippen molar-refractivity contribution >= 4 is 11.5 Å². The number of nitrogens with zero attached hydrogens (tertiary/aromatic N) is 1. The number of ether oxygens (including phenoxy) is 1. The second kappa shape index (κ2) is 12.4. The molecule has 5 heteroatoms. The number of morpholine rings is 1. The summed E-state index contributed by atoms with van der Waals surface area (Å²) in [5, 5.41) is 13.8. The highest BCUT2D eigenvalue weighted by atomic mass is 16.5. The Labute approximate surface area is 291 Å². The zero-order valence-electron chi connectivity index (χ0n) is 31.0. The first kappa shape index (κ1) is 34.5. The van der Waals surface area contributed by atoms with Crippen molar-refractivity contribution < 1.29 is 14.6 Å². The van der Waals surface area contributed by atoms with Gasteiger partial charge in [-0.15, -0.1) is 0 Å². The normalized spacial score (nSPS) is 42.1. The fraction of sp³-hybridized carbons (Fsp3) is 0.744. The van der Waals surface area contributed by atoms with Crippen molar-refractivity contribution in [2.45, 2.75) is 111 Å². The molecule has 9 atom stereocenters. The number of carboxylic acid groups (broad SMARTS) is 1. The Bertz CT molecular complexity index is 1430. The van der Waals surface area contributed by atoms with Crippen LogP contribution in [0.2, 0.25) is 0 Å². The lowest BCUT2D eigenvalue weighted by Gasteiger charge is -2.72. The smallest absolute Gasteiger partial charge is 0.335 e. The quantitative estimate of drug-likeness (QED) is 0.216. The Morgan fingerprint density at radius 1 is 0.938 bits per heavy atom. The largest absolute Gasteiger partial charge is 0.478 e. The Balaban J connectivity index is 1.14. The SMILES string of the molecule is C=C(C)C1CCC2(NCCCN3CCOCC3)CCC3(C)C(CCC4C5(C)CC=C(c6ccc(C(=O)O)cc6)C(C)(C)C5CCC43C)C12. The van der Waals surface area contributed by atoms with Gasteiger partial charge in [-0.25, -0.2) is 4.79 Å². The van der Waals surface area contributed by atoms with Crippen molar-refractivity contribution in [2.24, 2.45) is 51.2 Å². The number of rotatable bonds is 8. The average molecular weight is 657 g/mol. The van der Waals surface area contributed by atoms with Crippen molar-refractivity contribution in [2.75, 3.05) is 39.4 Å². The number of carbonyl (C=O) groups is 1. The van der Waals surface area contributed by atoms with Crippen LogP contribution in [0, 0.1) is 51.2 Å². The highest BCUT2D eigenvalue weighted by molar-refractivity contribution is 5.88. The van der Waals surface area contributed by atoms with E-state index in [1.54, 1.807) is 12.1 Å². The minimum atomic E-state index is -0.853. The van der Waals surface area contributed by atoms with E-state index >= 15 is 0 Å². The van der Waals surface area contributed by atoms with Gasteiger partial charge in [0.25, 0.3) is 0 Å². The molecule has 5 nitrogen and oxygen atoms in total. The summed E-state index contributed by atoms with van der Waals surface area (Å²) in [5.74, 6) is 2.57. The molecule has 1 heterocycles. The van der Waals surface area contributed by atoms with Gasteiger partial charge in [0.1, 0.15) is 0 Å². The Morgan fingerprint density at radius 3 is 2.35 bits per heavy atom. The second-order valence-corrected chi connectivity index (χ2v) is 18.5. The summed E-state index contributed by atoms with van der Waals surface area (Å²) >= 11 is 0. The molecular formula is C43H64N2O3. The van der Waals surface area contributed by atoms with Crippen LogP contribution in [0.1, 0.15) is 122 Å². The highest BCUT2D eigenvalue weighted by Gasteiger charge is 2.70. The van der Waals surface area contributed by atoms with Crippen LogP contribution in [0.5, 0.6) is 0 Å². The summed E-state index contributed by atoms with van der Waals surface area (Å²) in [6.07, 6.45) is 15.5. The molecule has 1 aliphatic heterocycles. The predicted octanol–water partition coefficient (Wildman–Crippen LogP) is 9.10. The lowest BCUT2D eigenvalue weighted by molar-refractivity contribution is -0.219. The number of allylic oxidation sites excluding steroid dienone is 3. The molecule has 264 valence electrons. The molecule has 4 saturated carbocycles. The van der Waals surface area contributed by atoms with E-state index in [1.807, 2.05) is 12.1 Å². The fourth-order valence-electron chi connectivity index (χ4n) is 13.8. The lowest BCUT2D eigenvalue weighted by atomic mass is 9.33. The Morgan fingerprint density at radius 2 is 1.67 bits per heavy atom. The van der Waals surface area contributed by atoms with Gasteiger partial charge in [0.2, 0.25) is 0 Å². The van der Waals surface area contributed by atoms with Crippen molar-refractivity contribution in [1.82, 2.24) is 10.2 Å². The molecule has 5 aliphatic carbocycles. The van der Waals surface area contributed by atoms with E-state index in [2.05, 4.69) is 64.4 Å². The summed E-state index contributed by atoms with van der Waals surface area (Å²) < 4.78 is 5.59. The third-order valence-electron chi connectivity index (χ3n) is 16.3. The number of fused-ring (bicyclic) bond motifs is 7. The fourth-order valence-corrected chi connectivity index (χ4v) is 13.8. The first-order valence-corrected chi connectivity index (χ1v) is 19.5. The van der Waals surface area contributed by atoms with Crippen molar-refractivity contribution in [1.29, 1.82) is 0 Å². The zero-order chi connectivity index (χ0) is 34.1. The number of carboxylic acids is 1. The molecule has 1 aromatic carbocycles. The summed E-state index contributed by atoms with van der Waals surface area (Å²) in [5.41, 5.74) is 5.66. The first-order valence-electron chi connectivity index (χ1n) is 19.5. The van der Waals surface area contributed by atoms with Crippen LogP contribution < -0.4 is 5.32 Å². The molecule has 1 aromatic rings. The minimum Gasteiger partial charge on any atom is -0.478 e. The number of hydrogen-bond donors (Lipinski definition) is 2. The van der Waals surface area contributed by atoms with Gasteiger partial charge in [-0.05, 0) is 159 Å². The maximum atomic E-state index is 11.6. The van der Waals surface area contributed by atoms with Crippen molar-refractivity contribution in [3.63, 3.8) is 0 Å². The molecule has 0 spiro atoms. The van der Waals surface area contributed by atoms with Crippen molar-refractivity contribution in [3.8, 4) is 0 Å². The van der Waals surface area contributed by atoms with Crippen LogP contribution in [-0.2, 0) is 4.74 Å². The van der Waals surface area contributed by atoms with E-state index < -0.39 is 5.97 Å². The topological polar surface area (TPSA) is 61.8 Å². The molecule has 0 radical (unpaired) electrons. The van der Waals surface area contributed by atoms with Crippen LogP contribution in [0.25, 0.3) is 5.57 Å². The summed E-state index contributed by atoms with van der Waals surface area (Å²) in [6, 6.07) is 7.66. The van der Waals surface area contributed by atoms with Crippen LogP contribution in [-0.4, -0.2) is 60.9 Å². The molecule has 0 bridgehead atoms. The van der Waals surface area contributed by atoms with E-state index in [0.717, 1.165) is 51.1 Å². The molecule has 5 fully saturated rings. The number of aromatic carboxylic acids is 1. The maximum absolute atomic E-state index is 11.6. The average Bonchev–Trinajstić information content (AvgIpc) is 3.44. The molecule has 0 aromatic heterocycles. The molecule has 1 saturated heterocycles. The van der Waals surface area contributed by atoms with Crippen LogP contribution >= 0.6 is 0 Å². The number of nitrogens with one attached hydrogen (secondary N) is 1. The maximum Gasteiger partial charge on any atom is 0.335 e. The van der Waals surface area contributed by atoms with Gasteiger partial charge in [0.15, 0.2) is 0 Å². The zero-order valence-corrected chi connectivity index (χ0v) is 31.0. The Kier molecular flexibility index (Phi) is 8.89. The van der Waals surface area contributed by atoms with E-state index in [-0.39, 0.29) is 16.4 Å². The van der Waals surface area contributed by atoms with Crippen molar-refractivity contribution in [3.05, 3.63) is 53.6 Å². The van der Waals surface area contributed by atoms with Crippen LogP contribution in [0.3, 0.4) is 0 Å². The molecule has 2 N–H and O–H groups in total. The molecule has 9 unspecified atom stereocenters. The standard InChI is InChI=1S/C43H64N2O3/c1-29(2)32-15-20-43(44-23-8-24-45-25-27-48-28-26-45)22-21-41(6)34(37(32)43)13-14-36-40(5)18-16-33(30-9-11-31(12-10-30)38(46)47)39(3,4)35(40)17-19-42(36,41)7/h9-12,16,32,34-37,44H,1,8,13-15,17-28H2,2-7H3,(H,46,47). The molecule has 6 aliphatic rings. The van der Waals surface area contributed by atoms with Gasteiger partial charge >= 0.3 is 5.97 Å². The summed E-state index contributed by atoms with van der Waals surface area (Å²) in [6.45, 7) is 26.3. The molecule has 48 heavy (non-hydrogen) atoms. The van der Waals surface area contributed by atoms with E-state index in [0.29, 0.717) is 34.1 Å². The van der Waals surface area contributed by atoms with E-state index in [9.17, 15) is 9.90 Å². The van der Waals surface area contributed by atoms with Gasteiger partial charge < -0.3 is 15.2 Å². The number of hydrogen-bond acceptors (Lipinski definition) is 4. The number of benzene rings is 1. The van der Waals surface area contributed by atoms with Gasteiger partial charge in [-0.3, -0.25) is 4.90 Å². The monoisotopic (exact) mass is 656 g/mol. The van der Waals surface area contributed by atoms with Crippen LogP contribution in [0.15, 0.2) is 42.5 Å². The van der Waals surface area contributed by atoms with Gasteiger partial charge in [-0.2, -0.15) is 0 Å². The van der Waals surface area contributed by atoms with Gasteiger partial charge in [-0.1, -0.05) is 65.0 Å². The highest BCUT2D eigenvalue weighted by Crippen LogP contribution is 2.76. The first-order chi connectivity index (χ1) is 22.8. The summed E-state index contributed by atoms with van der Waals surface area (Å²) in [4.78, 5) is 14.1. The lowest BCUT2D eigenvalue weighted by Crippen LogP contribution is -2.68. The van der Waals surface area contributed by atoms with E-state index in [1.165, 1.54) is 81.0 Å². The van der Waals surface area contributed by atoms with E-state index in [4.69, 9.17) is 4.74 Å². The third-order valence-corrected chi connectivity index (χ3v) is 16.3. The van der Waals surface area contributed by atoms with Crippen LogP contribution in [0.4, 0.5) is 0 Å². The second-order valence-electron chi connectivity index (χ2n) is 18.5. The molecule has 7 rings (SSSR count). The molecule has 0 amide bonds. The summed E-state index contributed by atoms with van der Waals surface area (Å²) in [7, 11) is 0. The predicted molar refractivity (Wildman–Crippen MR) is 196 cm³/mol. The molecular weight excluding hydrogens is 592 g/mol. The minimum absolute atomic E-state index is 0.0418. The van der Waals surface area contributed by atoms with Gasteiger partial charge in [0.05, 0.1) is 18.8 Å². The third kappa shape index (κ3) is 5.22.